The normalized spacial score (nSPS) is 14.0. The second kappa shape index (κ2) is 5.99. The lowest BCUT2D eigenvalue weighted by molar-refractivity contribution is 0.360. The van der Waals surface area contributed by atoms with E-state index in [1.165, 1.54) is 13.0 Å². The number of benzene rings is 1. The molecule has 78 valence electrons. The van der Waals surface area contributed by atoms with Crippen LogP contribution in [0.1, 0.15) is 27.2 Å². The minimum absolute atomic E-state index is 0.223. The molecule has 0 fully saturated rings. The highest BCUT2D eigenvalue weighted by molar-refractivity contribution is 6.50. The van der Waals surface area contributed by atoms with Gasteiger partial charge in [0, 0.05) is 0 Å². The minimum Gasteiger partial charge on any atom is -0.323 e. The molecular weight excluding hydrogens is 186 g/mol. The highest BCUT2D eigenvalue weighted by Gasteiger charge is 2.09. The maximum Gasteiger partial charge on any atom is 0.127 e. The molecule has 14 heavy (non-hydrogen) atoms. The first-order valence-corrected chi connectivity index (χ1v) is 6.89. The van der Waals surface area contributed by atoms with Crippen LogP contribution in [0.15, 0.2) is 30.3 Å². The summed E-state index contributed by atoms with van der Waals surface area (Å²) in [5.74, 6) is 0. The van der Waals surface area contributed by atoms with Gasteiger partial charge in [0.2, 0.25) is 0 Å². The van der Waals surface area contributed by atoms with Crippen molar-refractivity contribution in [3.8, 4) is 0 Å². The van der Waals surface area contributed by atoms with Gasteiger partial charge < -0.3 is 4.57 Å². The Morgan fingerprint density at radius 1 is 1.21 bits per heavy atom. The molecule has 1 unspecified atom stereocenters. The summed E-state index contributed by atoms with van der Waals surface area (Å²) >= 11 is 0. The van der Waals surface area contributed by atoms with Crippen molar-refractivity contribution in [2.24, 2.45) is 0 Å². The summed E-state index contributed by atoms with van der Waals surface area (Å²) in [4.78, 5) is 0. The molecule has 1 aromatic rings. The molecule has 0 aliphatic rings. The Hall–Kier alpha value is -0.603. The standard InChI is InChI=1S/C12H21NSi/c1-4-11(3)13(5-2)14-12-9-7-6-8-10-12/h6-11H,4-5,14H2,1-3H3. The maximum absolute atomic E-state index is 2.65. The summed E-state index contributed by atoms with van der Waals surface area (Å²) in [7, 11) is -0.223. The van der Waals surface area contributed by atoms with E-state index < -0.39 is 0 Å². The second-order valence-electron chi connectivity index (χ2n) is 3.81. The SMILES string of the molecule is CCC(C)N(CC)[SiH2]c1ccccc1. The fourth-order valence-electron chi connectivity index (χ4n) is 1.66. The zero-order valence-corrected chi connectivity index (χ0v) is 10.9. The molecule has 0 radical (unpaired) electrons. The predicted molar refractivity (Wildman–Crippen MR) is 66.8 cm³/mol. The van der Waals surface area contributed by atoms with Crippen molar-refractivity contribution in [2.45, 2.75) is 33.2 Å². The number of nitrogens with zero attached hydrogens (tertiary/aromatic N) is 1. The number of hydrogen-bond acceptors (Lipinski definition) is 1. The number of rotatable bonds is 5. The Bertz CT molecular complexity index is 248. The van der Waals surface area contributed by atoms with Gasteiger partial charge >= 0.3 is 0 Å². The third-order valence-corrected chi connectivity index (χ3v) is 5.16. The Morgan fingerprint density at radius 2 is 1.86 bits per heavy atom. The minimum atomic E-state index is -0.223. The molecule has 0 saturated carbocycles. The predicted octanol–water partition coefficient (Wildman–Crippen LogP) is 1.52. The third kappa shape index (κ3) is 3.27. The molecule has 0 N–H and O–H groups in total. The fraction of sp³-hybridized carbons (Fsp3) is 0.500. The van der Waals surface area contributed by atoms with Crippen molar-refractivity contribution < 1.29 is 0 Å². The van der Waals surface area contributed by atoms with Crippen molar-refractivity contribution in [1.29, 1.82) is 0 Å². The molecule has 1 atom stereocenters. The van der Waals surface area contributed by atoms with Gasteiger partial charge in [-0.1, -0.05) is 51.1 Å². The molecule has 0 amide bonds. The summed E-state index contributed by atoms with van der Waals surface area (Å²) in [6.45, 7) is 8.06. The van der Waals surface area contributed by atoms with Crippen LogP contribution in [0.5, 0.6) is 0 Å². The van der Waals surface area contributed by atoms with Gasteiger partial charge in [-0.2, -0.15) is 0 Å². The van der Waals surface area contributed by atoms with E-state index in [-0.39, 0.29) is 9.68 Å². The van der Waals surface area contributed by atoms with Gasteiger partial charge in [0.25, 0.3) is 0 Å². The molecule has 0 aliphatic heterocycles. The van der Waals surface area contributed by atoms with Crippen LogP contribution < -0.4 is 5.19 Å². The number of hydrogen-bond donors (Lipinski definition) is 0. The van der Waals surface area contributed by atoms with E-state index >= 15 is 0 Å². The molecule has 0 heterocycles. The Balaban J connectivity index is 2.57. The summed E-state index contributed by atoms with van der Waals surface area (Å²) in [6, 6.07) is 11.7. The van der Waals surface area contributed by atoms with E-state index in [0.29, 0.717) is 0 Å². The first-order valence-electron chi connectivity index (χ1n) is 5.55. The van der Waals surface area contributed by atoms with Crippen molar-refractivity contribution in [1.82, 2.24) is 4.57 Å². The van der Waals surface area contributed by atoms with Gasteiger partial charge in [-0.05, 0) is 24.2 Å². The summed E-state index contributed by atoms with van der Waals surface area (Å²) < 4.78 is 2.65. The van der Waals surface area contributed by atoms with Crippen LogP contribution in [-0.4, -0.2) is 26.8 Å². The van der Waals surface area contributed by atoms with E-state index in [1.54, 1.807) is 5.19 Å². The van der Waals surface area contributed by atoms with Gasteiger partial charge in [-0.15, -0.1) is 0 Å². The average molecular weight is 207 g/mol. The van der Waals surface area contributed by atoms with Crippen LogP contribution in [0, 0.1) is 0 Å². The summed E-state index contributed by atoms with van der Waals surface area (Å²) in [5, 5.41) is 1.55. The molecule has 0 aliphatic carbocycles. The summed E-state index contributed by atoms with van der Waals surface area (Å²) in [6.07, 6.45) is 1.26. The van der Waals surface area contributed by atoms with Crippen LogP contribution in [0.4, 0.5) is 0 Å². The van der Waals surface area contributed by atoms with Crippen molar-refractivity contribution >= 4 is 14.9 Å². The Labute approximate surface area is 90.0 Å². The molecule has 0 bridgehead atoms. The average Bonchev–Trinajstić information content (AvgIpc) is 2.26. The third-order valence-electron chi connectivity index (χ3n) is 2.85. The van der Waals surface area contributed by atoms with Crippen LogP contribution >= 0.6 is 0 Å². The van der Waals surface area contributed by atoms with Crippen LogP contribution in [0.25, 0.3) is 0 Å². The first kappa shape index (κ1) is 11.5. The van der Waals surface area contributed by atoms with Crippen molar-refractivity contribution in [2.75, 3.05) is 6.54 Å². The molecule has 1 rings (SSSR count). The van der Waals surface area contributed by atoms with E-state index in [4.69, 9.17) is 0 Å². The fourth-order valence-corrected chi connectivity index (χ4v) is 3.40. The van der Waals surface area contributed by atoms with Gasteiger partial charge in [-0.25, -0.2) is 0 Å². The van der Waals surface area contributed by atoms with Crippen LogP contribution in [-0.2, 0) is 0 Å². The highest BCUT2D eigenvalue weighted by Crippen LogP contribution is 2.00. The second-order valence-corrected chi connectivity index (χ2v) is 5.75. The van der Waals surface area contributed by atoms with Crippen molar-refractivity contribution in [3.05, 3.63) is 30.3 Å². The first-order chi connectivity index (χ1) is 6.77. The molecular formula is C12H21NSi. The van der Waals surface area contributed by atoms with Crippen LogP contribution in [0.2, 0.25) is 0 Å². The van der Waals surface area contributed by atoms with Gasteiger partial charge in [0.15, 0.2) is 0 Å². The zero-order chi connectivity index (χ0) is 10.4. The van der Waals surface area contributed by atoms with Gasteiger partial charge in [0.1, 0.15) is 9.68 Å². The lowest BCUT2D eigenvalue weighted by Gasteiger charge is -2.26. The van der Waals surface area contributed by atoms with E-state index in [0.717, 1.165) is 6.04 Å². The van der Waals surface area contributed by atoms with Crippen LogP contribution in [0.3, 0.4) is 0 Å². The molecule has 0 spiro atoms. The largest absolute Gasteiger partial charge is 0.323 e. The molecule has 1 nitrogen and oxygen atoms in total. The quantitative estimate of drug-likeness (QED) is 0.662. The van der Waals surface area contributed by atoms with E-state index in [2.05, 4.69) is 55.7 Å². The molecule has 0 aromatic heterocycles. The lowest BCUT2D eigenvalue weighted by atomic mass is 10.3. The molecule has 1 aromatic carbocycles. The van der Waals surface area contributed by atoms with Gasteiger partial charge in [0.05, 0.1) is 0 Å². The molecule has 0 saturated heterocycles. The summed E-state index contributed by atoms with van der Waals surface area (Å²) in [5.41, 5.74) is 0. The van der Waals surface area contributed by atoms with E-state index in [9.17, 15) is 0 Å². The smallest absolute Gasteiger partial charge is 0.127 e. The Morgan fingerprint density at radius 3 is 2.36 bits per heavy atom. The monoisotopic (exact) mass is 207 g/mol. The van der Waals surface area contributed by atoms with Crippen molar-refractivity contribution in [3.63, 3.8) is 0 Å². The zero-order valence-electron chi connectivity index (χ0n) is 9.53. The topological polar surface area (TPSA) is 3.24 Å². The molecule has 2 heteroatoms. The Kier molecular flexibility index (Phi) is 4.91. The van der Waals surface area contributed by atoms with Gasteiger partial charge in [-0.3, -0.25) is 0 Å². The maximum atomic E-state index is 2.65. The van der Waals surface area contributed by atoms with E-state index in [1.807, 2.05) is 0 Å². The lowest BCUT2D eigenvalue weighted by Crippen LogP contribution is -2.41. The highest BCUT2D eigenvalue weighted by atomic mass is 28.2.